The molecular formula is C132H78. The third kappa shape index (κ3) is 11.3. The summed E-state index contributed by atoms with van der Waals surface area (Å²) < 4.78 is 0. The second kappa shape index (κ2) is 29.2. The Hall–Kier alpha value is -17.2. The van der Waals surface area contributed by atoms with Gasteiger partial charge >= 0.3 is 0 Å². The lowest BCUT2D eigenvalue weighted by molar-refractivity contribution is 1.59. The molecule has 0 aliphatic rings. The van der Waals surface area contributed by atoms with Crippen molar-refractivity contribution in [3.8, 4) is 100 Å². The highest BCUT2D eigenvalue weighted by Crippen LogP contribution is 2.54. The summed E-state index contributed by atoms with van der Waals surface area (Å²) >= 11 is 0. The molecule has 0 unspecified atom stereocenters. The van der Waals surface area contributed by atoms with Crippen LogP contribution in [0, 0.1) is 0 Å². The zero-order chi connectivity index (χ0) is 86.3. The van der Waals surface area contributed by atoms with E-state index in [2.05, 4.69) is 473 Å². The highest BCUT2D eigenvalue weighted by atomic mass is 14.3. The summed E-state index contributed by atoms with van der Waals surface area (Å²) in [5.41, 5.74) is 22.7. The van der Waals surface area contributed by atoms with Crippen LogP contribution in [0.4, 0.5) is 0 Å². The zero-order valence-corrected chi connectivity index (χ0v) is 72.0. The van der Waals surface area contributed by atoms with E-state index in [1.807, 2.05) is 0 Å². The van der Waals surface area contributed by atoms with Crippen LogP contribution in [0.15, 0.2) is 473 Å². The van der Waals surface area contributed by atoms with E-state index in [4.69, 9.17) is 0 Å². The molecule has 0 aliphatic carbocycles. The number of hydrogen-bond donors (Lipinski definition) is 0. The van der Waals surface area contributed by atoms with Crippen molar-refractivity contribution >= 4 is 194 Å². The third-order valence-electron chi connectivity index (χ3n) is 29.3. The van der Waals surface area contributed by atoms with E-state index in [1.54, 1.807) is 0 Å². The molecule has 606 valence electrons. The van der Waals surface area contributed by atoms with E-state index in [9.17, 15) is 0 Å². The number of rotatable bonds is 9. The molecule has 0 heterocycles. The van der Waals surface area contributed by atoms with Gasteiger partial charge in [0.1, 0.15) is 0 Å². The van der Waals surface area contributed by atoms with Crippen LogP contribution >= 0.6 is 0 Å². The summed E-state index contributed by atoms with van der Waals surface area (Å²) in [4.78, 5) is 0. The van der Waals surface area contributed by atoms with Gasteiger partial charge in [-0.1, -0.05) is 467 Å². The molecule has 30 aromatic carbocycles. The third-order valence-corrected chi connectivity index (χ3v) is 29.3. The Kier molecular flexibility index (Phi) is 16.4. The Morgan fingerprint density at radius 3 is 0.591 bits per heavy atom. The molecule has 0 heteroatoms. The Balaban J connectivity index is 0.0000000991. The van der Waals surface area contributed by atoms with Gasteiger partial charge in [-0.15, -0.1) is 0 Å². The maximum absolute atomic E-state index is 2.41. The van der Waals surface area contributed by atoms with E-state index in [0.717, 1.165) is 0 Å². The molecule has 0 spiro atoms. The first-order valence-electron chi connectivity index (χ1n) is 46.1. The molecule has 0 amide bonds. The van der Waals surface area contributed by atoms with Crippen molar-refractivity contribution in [1.29, 1.82) is 0 Å². The first kappa shape index (κ1) is 74.0. The van der Waals surface area contributed by atoms with Crippen LogP contribution in [0.25, 0.3) is 294 Å². The van der Waals surface area contributed by atoms with Crippen LogP contribution in [-0.4, -0.2) is 0 Å². The topological polar surface area (TPSA) is 0 Å². The Morgan fingerprint density at radius 1 is 0.0833 bits per heavy atom. The molecule has 0 nitrogen and oxygen atoms in total. The predicted octanol–water partition coefficient (Wildman–Crippen LogP) is 37.4. The van der Waals surface area contributed by atoms with Gasteiger partial charge in [0.25, 0.3) is 0 Å². The van der Waals surface area contributed by atoms with E-state index >= 15 is 0 Å². The van der Waals surface area contributed by atoms with Gasteiger partial charge in [0.2, 0.25) is 0 Å². The summed E-state index contributed by atoms with van der Waals surface area (Å²) in [6, 6.07) is 176. The lowest BCUT2D eigenvalue weighted by atomic mass is 9.82. The summed E-state index contributed by atoms with van der Waals surface area (Å²) in [6.45, 7) is 0. The molecule has 0 aromatic heterocycles. The second-order valence-corrected chi connectivity index (χ2v) is 36.1. The summed E-state index contributed by atoms with van der Waals surface area (Å²) in [5, 5.41) is 47.3. The fourth-order valence-corrected chi connectivity index (χ4v) is 23.5. The molecule has 0 saturated heterocycles. The van der Waals surface area contributed by atoms with Crippen molar-refractivity contribution in [2.24, 2.45) is 0 Å². The van der Waals surface area contributed by atoms with E-state index in [1.165, 1.54) is 294 Å². The summed E-state index contributed by atoms with van der Waals surface area (Å²) in [6.07, 6.45) is 0. The van der Waals surface area contributed by atoms with Gasteiger partial charge in [-0.25, -0.2) is 0 Å². The SMILES string of the molecule is c1ccc(-c2c(-c3ccc4ccc5cccc6ccc3c4c56)cccc2-c2ccc3ccc4cccc5ccc2c3c45)cc1.c1ccc(-c2ccc(-c3ccc4ccc5cccc6ccc3c4c56)c(-c3ccc4ccc5cccc6ccc3c4c56)c2)cc1.c1ccc(-c2cccc(-c3ccc4ccc5cccc6ccc3c4c56)c2-c2ccc3ccc4cccc5ccc2c3c45)cc1. The van der Waals surface area contributed by atoms with Crippen molar-refractivity contribution in [1.82, 2.24) is 0 Å². The molecule has 30 rings (SSSR count). The van der Waals surface area contributed by atoms with Crippen LogP contribution in [0.1, 0.15) is 0 Å². The fraction of sp³-hybridized carbons (Fsp3) is 0. The van der Waals surface area contributed by atoms with Crippen molar-refractivity contribution < 1.29 is 0 Å². The first-order valence-corrected chi connectivity index (χ1v) is 46.1. The minimum Gasteiger partial charge on any atom is -0.0622 e. The van der Waals surface area contributed by atoms with Gasteiger partial charge in [-0.3, -0.25) is 0 Å². The van der Waals surface area contributed by atoms with Crippen molar-refractivity contribution in [2.45, 2.75) is 0 Å². The number of hydrogen-bond acceptors (Lipinski definition) is 0. The minimum absolute atomic E-state index is 1.23. The molecule has 0 saturated carbocycles. The molecular weight excluding hydrogens is 1590 g/mol. The quantitative estimate of drug-likeness (QED) is 0.126. The second-order valence-electron chi connectivity index (χ2n) is 36.1. The van der Waals surface area contributed by atoms with Gasteiger partial charge < -0.3 is 0 Å². The van der Waals surface area contributed by atoms with E-state index < -0.39 is 0 Å². The van der Waals surface area contributed by atoms with Gasteiger partial charge in [0.15, 0.2) is 0 Å². The monoisotopic (exact) mass is 1660 g/mol. The largest absolute Gasteiger partial charge is 0.0622 e. The van der Waals surface area contributed by atoms with Crippen LogP contribution < -0.4 is 0 Å². The van der Waals surface area contributed by atoms with Crippen LogP contribution in [0.3, 0.4) is 0 Å². The Labute approximate surface area is 761 Å². The first-order chi connectivity index (χ1) is 65.5. The Bertz CT molecular complexity index is 9480. The van der Waals surface area contributed by atoms with Gasteiger partial charge in [-0.05, 0) is 300 Å². The average molecular weight is 1660 g/mol. The lowest BCUT2D eigenvalue weighted by Crippen LogP contribution is -1.94. The lowest BCUT2D eigenvalue weighted by Gasteiger charge is -2.21. The average Bonchev–Trinajstić information content (AvgIpc) is 0.732. The predicted molar refractivity (Wildman–Crippen MR) is 570 cm³/mol. The molecule has 0 fully saturated rings. The van der Waals surface area contributed by atoms with Crippen molar-refractivity contribution in [3.05, 3.63) is 473 Å². The van der Waals surface area contributed by atoms with Gasteiger partial charge in [0, 0.05) is 0 Å². The van der Waals surface area contributed by atoms with E-state index in [-0.39, 0.29) is 0 Å². The van der Waals surface area contributed by atoms with Gasteiger partial charge in [-0.2, -0.15) is 0 Å². The molecule has 0 bridgehead atoms. The highest BCUT2D eigenvalue weighted by Gasteiger charge is 2.26. The fourth-order valence-electron chi connectivity index (χ4n) is 23.5. The number of benzene rings is 30. The molecule has 30 aromatic rings. The van der Waals surface area contributed by atoms with Crippen LogP contribution in [-0.2, 0) is 0 Å². The van der Waals surface area contributed by atoms with Crippen molar-refractivity contribution in [3.63, 3.8) is 0 Å². The molecule has 0 atom stereocenters. The zero-order valence-electron chi connectivity index (χ0n) is 72.0. The highest BCUT2D eigenvalue weighted by molar-refractivity contribution is 6.33. The molecule has 0 radical (unpaired) electrons. The molecule has 132 heavy (non-hydrogen) atoms. The van der Waals surface area contributed by atoms with E-state index in [0.29, 0.717) is 0 Å². The smallest absolute Gasteiger partial charge is 0.00204 e. The summed E-state index contributed by atoms with van der Waals surface area (Å²) in [7, 11) is 0. The van der Waals surface area contributed by atoms with Crippen LogP contribution in [0.5, 0.6) is 0 Å². The molecule has 0 N–H and O–H groups in total. The Morgan fingerprint density at radius 2 is 0.288 bits per heavy atom. The normalized spacial score (nSPS) is 12.1. The maximum Gasteiger partial charge on any atom is -0.00204 e. The van der Waals surface area contributed by atoms with Crippen LogP contribution in [0.2, 0.25) is 0 Å². The minimum atomic E-state index is 1.23. The van der Waals surface area contributed by atoms with Gasteiger partial charge in [0.05, 0.1) is 0 Å². The summed E-state index contributed by atoms with van der Waals surface area (Å²) in [5.74, 6) is 0. The maximum atomic E-state index is 2.41. The standard InChI is InChI=1S/3C44H26/c1-2-7-27(8-3-1)42-36(34-23-19-32-17-15-28-9-4-11-30-21-25-38(34)43(32)40(28)30)13-6-14-37(42)35-24-20-33-18-16-29-10-5-12-31-22-26-39(35)44(33)41(29)31;1-2-7-27(8-3-1)34-13-6-14-36(35-23-19-32-17-15-28-9-4-11-30-20-24-37(35)42(32)40(28)30)44(34)39-26-22-33-18-16-29-10-5-12-31-21-25-38(39)43(33)41(29)31;1-2-6-27(7-3-1)34-20-23-36(35-21-16-32-14-12-28-8-4-10-30-18-24-38(35)43(32)41(28)30)40(26-34)37-22-17-33-15-13-29-9-5-11-31-19-25-39(37)44(33)42(29)31/h3*1-26H. The van der Waals surface area contributed by atoms with Crippen molar-refractivity contribution in [2.75, 3.05) is 0 Å². The molecule has 0 aliphatic heterocycles.